The molecule has 1 aromatic heterocycles. The van der Waals surface area contributed by atoms with Crippen molar-refractivity contribution < 1.29 is 0 Å². The topological polar surface area (TPSA) is 37.8 Å². The molecule has 0 aliphatic carbocycles. The summed E-state index contributed by atoms with van der Waals surface area (Å²) in [5.74, 6) is 1.61. The van der Waals surface area contributed by atoms with Crippen LogP contribution in [0.25, 0.3) is 11.4 Å². The van der Waals surface area contributed by atoms with Crippen LogP contribution in [-0.2, 0) is 12.8 Å². The summed E-state index contributed by atoms with van der Waals surface area (Å²) in [6.45, 7) is 4.25. The second-order valence-corrected chi connectivity index (χ2v) is 5.10. The van der Waals surface area contributed by atoms with Gasteiger partial charge in [0.1, 0.15) is 5.82 Å². The SMILES string of the molecule is CCc1ccc(-c2nc(CC)c(Br)c(NC)n2)cc1. The van der Waals surface area contributed by atoms with E-state index in [9.17, 15) is 0 Å². The van der Waals surface area contributed by atoms with Gasteiger partial charge in [0.25, 0.3) is 0 Å². The summed E-state index contributed by atoms with van der Waals surface area (Å²) in [6, 6.07) is 8.43. The van der Waals surface area contributed by atoms with Gasteiger partial charge in [0.05, 0.1) is 10.2 Å². The van der Waals surface area contributed by atoms with Gasteiger partial charge in [-0.2, -0.15) is 0 Å². The zero-order chi connectivity index (χ0) is 13.8. The normalized spacial score (nSPS) is 10.5. The van der Waals surface area contributed by atoms with Gasteiger partial charge < -0.3 is 5.32 Å². The van der Waals surface area contributed by atoms with Crippen LogP contribution in [0.4, 0.5) is 5.82 Å². The van der Waals surface area contributed by atoms with Crippen LogP contribution in [0.2, 0.25) is 0 Å². The number of hydrogen-bond acceptors (Lipinski definition) is 3. The number of hydrogen-bond donors (Lipinski definition) is 1. The zero-order valence-electron chi connectivity index (χ0n) is 11.5. The molecular weight excluding hydrogens is 302 g/mol. The summed E-state index contributed by atoms with van der Waals surface area (Å²) >= 11 is 3.54. The van der Waals surface area contributed by atoms with Crippen LogP contribution in [-0.4, -0.2) is 17.0 Å². The minimum Gasteiger partial charge on any atom is -0.372 e. The minimum absolute atomic E-state index is 0.770. The van der Waals surface area contributed by atoms with Crippen molar-refractivity contribution >= 4 is 21.7 Å². The maximum atomic E-state index is 4.63. The number of nitrogens with zero attached hydrogens (tertiary/aromatic N) is 2. The minimum atomic E-state index is 0.770. The molecule has 0 saturated heterocycles. The fraction of sp³-hybridized carbons (Fsp3) is 0.333. The Bertz CT molecular complexity index is 539. The highest BCUT2D eigenvalue weighted by Gasteiger charge is 2.11. The molecule has 100 valence electrons. The van der Waals surface area contributed by atoms with E-state index in [4.69, 9.17) is 0 Å². The molecule has 4 heteroatoms. The van der Waals surface area contributed by atoms with Gasteiger partial charge in [-0.3, -0.25) is 0 Å². The zero-order valence-corrected chi connectivity index (χ0v) is 13.1. The number of aromatic nitrogens is 2. The summed E-state index contributed by atoms with van der Waals surface area (Å²) < 4.78 is 0.950. The molecule has 0 radical (unpaired) electrons. The molecule has 19 heavy (non-hydrogen) atoms. The molecule has 0 fully saturated rings. The highest BCUT2D eigenvalue weighted by molar-refractivity contribution is 9.10. The first-order chi connectivity index (χ1) is 9.19. The van der Waals surface area contributed by atoms with Gasteiger partial charge >= 0.3 is 0 Å². The molecule has 3 nitrogen and oxygen atoms in total. The van der Waals surface area contributed by atoms with E-state index in [2.05, 4.69) is 69.3 Å². The van der Waals surface area contributed by atoms with Crippen LogP contribution in [0.1, 0.15) is 25.1 Å². The third kappa shape index (κ3) is 2.95. The Morgan fingerprint density at radius 3 is 2.26 bits per heavy atom. The van der Waals surface area contributed by atoms with Gasteiger partial charge in [0, 0.05) is 12.6 Å². The monoisotopic (exact) mass is 319 g/mol. The smallest absolute Gasteiger partial charge is 0.161 e. The molecule has 1 N–H and O–H groups in total. The first-order valence-corrected chi connectivity index (χ1v) is 7.32. The molecular formula is C15H18BrN3. The Balaban J connectivity index is 2.48. The van der Waals surface area contributed by atoms with Crippen molar-refractivity contribution in [3.05, 3.63) is 40.0 Å². The summed E-state index contributed by atoms with van der Waals surface area (Å²) in [5, 5.41) is 3.10. The Morgan fingerprint density at radius 1 is 1.05 bits per heavy atom. The first-order valence-electron chi connectivity index (χ1n) is 6.53. The largest absolute Gasteiger partial charge is 0.372 e. The lowest BCUT2D eigenvalue weighted by Gasteiger charge is -2.10. The molecule has 1 heterocycles. The average Bonchev–Trinajstić information content (AvgIpc) is 2.47. The third-order valence-electron chi connectivity index (χ3n) is 3.11. The van der Waals surface area contributed by atoms with E-state index in [1.807, 2.05) is 7.05 Å². The number of benzene rings is 1. The number of anilines is 1. The Kier molecular flexibility index (Phi) is 4.53. The van der Waals surface area contributed by atoms with E-state index in [1.165, 1.54) is 5.56 Å². The second kappa shape index (κ2) is 6.15. The van der Waals surface area contributed by atoms with Gasteiger partial charge in [-0.15, -0.1) is 0 Å². The predicted octanol–water partition coefficient (Wildman–Crippen LogP) is 4.07. The van der Waals surface area contributed by atoms with Crippen LogP contribution in [0.15, 0.2) is 28.7 Å². The summed E-state index contributed by atoms with van der Waals surface area (Å²) in [6.07, 6.45) is 1.92. The van der Waals surface area contributed by atoms with Gasteiger partial charge in [-0.1, -0.05) is 38.1 Å². The lowest BCUT2D eigenvalue weighted by Crippen LogP contribution is -2.02. The van der Waals surface area contributed by atoms with Gasteiger partial charge in [-0.05, 0) is 34.3 Å². The highest BCUT2D eigenvalue weighted by Crippen LogP contribution is 2.27. The van der Waals surface area contributed by atoms with Gasteiger partial charge in [0.2, 0.25) is 0 Å². The van der Waals surface area contributed by atoms with Crippen molar-refractivity contribution in [2.75, 3.05) is 12.4 Å². The van der Waals surface area contributed by atoms with Gasteiger partial charge in [0.15, 0.2) is 5.82 Å². The Hall–Kier alpha value is -1.42. The van der Waals surface area contributed by atoms with Crippen molar-refractivity contribution in [3.8, 4) is 11.4 Å². The van der Waals surface area contributed by atoms with E-state index >= 15 is 0 Å². The molecule has 0 atom stereocenters. The van der Waals surface area contributed by atoms with Crippen molar-refractivity contribution in [2.24, 2.45) is 0 Å². The quantitative estimate of drug-likeness (QED) is 0.923. The van der Waals surface area contributed by atoms with Crippen LogP contribution >= 0.6 is 15.9 Å². The Labute approximate surface area is 122 Å². The predicted molar refractivity (Wildman–Crippen MR) is 83.5 cm³/mol. The fourth-order valence-electron chi connectivity index (χ4n) is 1.91. The molecule has 0 aliphatic rings. The maximum Gasteiger partial charge on any atom is 0.161 e. The van der Waals surface area contributed by atoms with Crippen LogP contribution < -0.4 is 5.32 Å². The van der Waals surface area contributed by atoms with Crippen molar-refractivity contribution in [1.29, 1.82) is 0 Å². The number of nitrogens with one attached hydrogen (secondary N) is 1. The fourth-order valence-corrected chi connectivity index (χ4v) is 2.57. The van der Waals surface area contributed by atoms with Crippen molar-refractivity contribution in [1.82, 2.24) is 9.97 Å². The molecule has 0 bridgehead atoms. The number of rotatable bonds is 4. The highest BCUT2D eigenvalue weighted by atomic mass is 79.9. The van der Waals surface area contributed by atoms with Gasteiger partial charge in [-0.25, -0.2) is 9.97 Å². The van der Waals surface area contributed by atoms with Crippen molar-refractivity contribution in [2.45, 2.75) is 26.7 Å². The molecule has 0 unspecified atom stereocenters. The summed E-state index contributed by atoms with van der Waals surface area (Å²) in [4.78, 5) is 9.18. The molecule has 0 saturated carbocycles. The molecule has 2 rings (SSSR count). The summed E-state index contributed by atoms with van der Waals surface area (Å²) in [5.41, 5.74) is 3.40. The second-order valence-electron chi connectivity index (χ2n) is 4.31. The first kappa shape index (κ1) is 14.0. The van der Waals surface area contributed by atoms with Crippen LogP contribution in [0, 0.1) is 0 Å². The lowest BCUT2D eigenvalue weighted by atomic mass is 10.1. The van der Waals surface area contributed by atoms with E-state index in [1.54, 1.807) is 0 Å². The standard InChI is InChI=1S/C15H18BrN3/c1-4-10-6-8-11(9-7-10)14-18-12(5-2)13(16)15(17-3)19-14/h6-9H,4-5H2,1-3H3,(H,17,18,19). The molecule has 0 spiro atoms. The molecule has 1 aromatic carbocycles. The molecule has 2 aromatic rings. The average molecular weight is 320 g/mol. The molecule has 0 amide bonds. The summed E-state index contributed by atoms with van der Waals surface area (Å²) in [7, 11) is 1.87. The van der Waals surface area contributed by atoms with E-state index in [-0.39, 0.29) is 0 Å². The van der Waals surface area contributed by atoms with Crippen molar-refractivity contribution in [3.63, 3.8) is 0 Å². The number of halogens is 1. The Morgan fingerprint density at radius 2 is 1.74 bits per heavy atom. The van der Waals surface area contributed by atoms with E-state index < -0.39 is 0 Å². The lowest BCUT2D eigenvalue weighted by molar-refractivity contribution is 0.991. The van der Waals surface area contributed by atoms with E-state index in [0.717, 1.165) is 40.2 Å². The third-order valence-corrected chi connectivity index (χ3v) is 3.95. The van der Waals surface area contributed by atoms with E-state index in [0.29, 0.717) is 0 Å². The molecule has 0 aliphatic heterocycles. The van der Waals surface area contributed by atoms with Crippen LogP contribution in [0.5, 0.6) is 0 Å². The van der Waals surface area contributed by atoms with Crippen LogP contribution in [0.3, 0.4) is 0 Å². The maximum absolute atomic E-state index is 4.63. The number of aryl methyl sites for hydroxylation is 2.